The van der Waals surface area contributed by atoms with Crippen molar-refractivity contribution in [1.29, 1.82) is 0 Å². The lowest BCUT2D eigenvalue weighted by Gasteiger charge is -2.31. The molecule has 4 heteroatoms. The van der Waals surface area contributed by atoms with E-state index in [1.807, 2.05) is 4.90 Å². The molecule has 2 atom stereocenters. The van der Waals surface area contributed by atoms with Crippen LogP contribution in [0.15, 0.2) is 24.3 Å². The molecule has 1 fully saturated rings. The first kappa shape index (κ1) is 16.0. The topological polar surface area (TPSA) is 40.5 Å². The van der Waals surface area contributed by atoms with Gasteiger partial charge in [0.15, 0.2) is 0 Å². The predicted octanol–water partition coefficient (Wildman–Crippen LogP) is 2.91. The Morgan fingerprint density at radius 1 is 1.38 bits per heavy atom. The standard InChI is InChI=1S/C17H24FNO2/c1-13(20)11-15-8-3-2-6-10-19(15)17(21)12-14-7-4-5-9-16(14)18/h4-5,7,9,13,15,20H,2-3,6,8,10-12H2,1H3. The quantitative estimate of drug-likeness (QED) is 0.927. The van der Waals surface area contributed by atoms with Crippen LogP contribution in [0.2, 0.25) is 0 Å². The number of hydrogen-bond acceptors (Lipinski definition) is 2. The van der Waals surface area contributed by atoms with E-state index >= 15 is 0 Å². The monoisotopic (exact) mass is 293 g/mol. The molecule has 1 aliphatic heterocycles. The number of carbonyl (C=O) groups is 1. The fraction of sp³-hybridized carbons (Fsp3) is 0.588. The zero-order valence-corrected chi connectivity index (χ0v) is 12.6. The highest BCUT2D eigenvalue weighted by Crippen LogP contribution is 2.22. The maximum atomic E-state index is 13.7. The van der Waals surface area contributed by atoms with Gasteiger partial charge in [0.05, 0.1) is 12.5 Å². The van der Waals surface area contributed by atoms with Gasteiger partial charge >= 0.3 is 0 Å². The van der Waals surface area contributed by atoms with Crippen molar-refractivity contribution < 1.29 is 14.3 Å². The van der Waals surface area contributed by atoms with Crippen molar-refractivity contribution >= 4 is 5.91 Å². The Bertz CT molecular complexity index is 476. The fourth-order valence-corrected chi connectivity index (χ4v) is 3.05. The molecular weight excluding hydrogens is 269 g/mol. The summed E-state index contributed by atoms with van der Waals surface area (Å²) in [7, 11) is 0. The van der Waals surface area contributed by atoms with Gasteiger partial charge < -0.3 is 10.0 Å². The van der Waals surface area contributed by atoms with Gasteiger partial charge in [-0.2, -0.15) is 0 Å². The van der Waals surface area contributed by atoms with Crippen LogP contribution >= 0.6 is 0 Å². The van der Waals surface area contributed by atoms with Crippen LogP contribution in [0.4, 0.5) is 4.39 Å². The number of aliphatic hydroxyl groups excluding tert-OH is 1. The van der Waals surface area contributed by atoms with Crippen LogP contribution in [0, 0.1) is 5.82 Å². The van der Waals surface area contributed by atoms with E-state index in [0.29, 0.717) is 18.5 Å². The Labute approximate surface area is 125 Å². The zero-order valence-electron chi connectivity index (χ0n) is 12.6. The van der Waals surface area contributed by atoms with Gasteiger partial charge in [-0.1, -0.05) is 31.0 Å². The SMILES string of the molecule is CC(O)CC1CCCCCN1C(=O)Cc1ccccc1F. The van der Waals surface area contributed by atoms with Crippen molar-refractivity contribution in [3.63, 3.8) is 0 Å². The second-order valence-electron chi connectivity index (χ2n) is 5.94. The summed E-state index contributed by atoms with van der Waals surface area (Å²) in [5.41, 5.74) is 0.447. The summed E-state index contributed by atoms with van der Waals surface area (Å²) in [6.07, 6.45) is 4.39. The van der Waals surface area contributed by atoms with Crippen molar-refractivity contribution in [3.05, 3.63) is 35.6 Å². The first-order valence-electron chi connectivity index (χ1n) is 7.79. The highest BCUT2D eigenvalue weighted by Gasteiger charge is 2.26. The van der Waals surface area contributed by atoms with E-state index in [1.165, 1.54) is 6.07 Å². The summed E-state index contributed by atoms with van der Waals surface area (Å²) in [4.78, 5) is 14.4. The number of halogens is 1. The summed E-state index contributed by atoms with van der Waals surface area (Å²) >= 11 is 0. The minimum atomic E-state index is -0.420. The number of amides is 1. The van der Waals surface area contributed by atoms with E-state index in [-0.39, 0.29) is 24.2 Å². The Kier molecular flexibility index (Phi) is 5.74. The summed E-state index contributed by atoms with van der Waals surface area (Å²) in [5, 5.41) is 9.63. The molecule has 0 spiro atoms. The molecule has 116 valence electrons. The maximum absolute atomic E-state index is 13.7. The van der Waals surface area contributed by atoms with Crippen molar-refractivity contribution in [2.45, 2.75) is 57.6 Å². The highest BCUT2D eigenvalue weighted by molar-refractivity contribution is 5.79. The third-order valence-corrected chi connectivity index (χ3v) is 4.11. The maximum Gasteiger partial charge on any atom is 0.227 e. The molecular formula is C17H24FNO2. The molecule has 2 unspecified atom stereocenters. The first-order chi connectivity index (χ1) is 10.1. The molecule has 2 rings (SSSR count). The Morgan fingerprint density at radius 2 is 2.14 bits per heavy atom. The van der Waals surface area contributed by atoms with Gasteiger partial charge in [0, 0.05) is 12.6 Å². The minimum absolute atomic E-state index is 0.0346. The van der Waals surface area contributed by atoms with Crippen LogP contribution in [0.25, 0.3) is 0 Å². The Hall–Kier alpha value is -1.42. The molecule has 1 aliphatic rings. The second-order valence-corrected chi connectivity index (χ2v) is 5.94. The van der Waals surface area contributed by atoms with Crippen LogP contribution in [0.1, 0.15) is 44.6 Å². The van der Waals surface area contributed by atoms with E-state index in [9.17, 15) is 14.3 Å². The van der Waals surface area contributed by atoms with Crippen molar-refractivity contribution in [2.24, 2.45) is 0 Å². The first-order valence-corrected chi connectivity index (χ1v) is 7.79. The number of aliphatic hydroxyl groups is 1. The van der Waals surface area contributed by atoms with Crippen LogP contribution < -0.4 is 0 Å². The molecule has 0 saturated carbocycles. The van der Waals surface area contributed by atoms with E-state index < -0.39 is 6.10 Å². The van der Waals surface area contributed by atoms with Crippen molar-refractivity contribution in [3.8, 4) is 0 Å². The van der Waals surface area contributed by atoms with Gasteiger partial charge in [-0.05, 0) is 37.8 Å². The van der Waals surface area contributed by atoms with Gasteiger partial charge in [0.25, 0.3) is 0 Å². The molecule has 1 heterocycles. The number of nitrogens with zero attached hydrogens (tertiary/aromatic N) is 1. The van der Waals surface area contributed by atoms with Gasteiger partial charge in [0.1, 0.15) is 5.82 Å². The third kappa shape index (κ3) is 4.53. The number of rotatable bonds is 4. The Morgan fingerprint density at radius 3 is 2.86 bits per heavy atom. The predicted molar refractivity (Wildman–Crippen MR) is 80.4 cm³/mol. The molecule has 21 heavy (non-hydrogen) atoms. The lowest BCUT2D eigenvalue weighted by molar-refractivity contribution is -0.133. The molecule has 1 saturated heterocycles. The zero-order chi connectivity index (χ0) is 15.2. The highest BCUT2D eigenvalue weighted by atomic mass is 19.1. The largest absolute Gasteiger partial charge is 0.393 e. The van der Waals surface area contributed by atoms with Crippen molar-refractivity contribution in [2.75, 3.05) is 6.54 Å². The molecule has 1 aromatic carbocycles. The molecule has 0 bridgehead atoms. The third-order valence-electron chi connectivity index (χ3n) is 4.11. The number of hydrogen-bond donors (Lipinski definition) is 1. The van der Waals surface area contributed by atoms with E-state index in [4.69, 9.17) is 0 Å². The fourth-order valence-electron chi connectivity index (χ4n) is 3.05. The van der Waals surface area contributed by atoms with Crippen molar-refractivity contribution in [1.82, 2.24) is 4.90 Å². The lowest BCUT2D eigenvalue weighted by atomic mass is 10.0. The summed E-state index contributed by atoms with van der Waals surface area (Å²) in [6.45, 7) is 2.47. The molecule has 1 amide bonds. The summed E-state index contributed by atoms with van der Waals surface area (Å²) in [6, 6.07) is 6.51. The number of benzene rings is 1. The smallest absolute Gasteiger partial charge is 0.227 e. The van der Waals surface area contributed by atoms with Crippen LogP contribution in [-0.2, 0) is 11.2 Å². The Balaban J connectivity index is 2.08. The van der Waals surface area contributed by atoms with Crippen LogP contribution in [-0.4, -0.2) is 34.6 Å². The molecule has 0 radical (unpaired) electrons. The van der Waals surface area contributed by atoms with E-state index in [0.717, 1.165) is 25.7 Å². The van der Waals surface area contributed by atoms with Gasteiger partial charge in [-0.15, -0.1) is 0 Å². The average molecular weight is 293 g/mol. The van der Waals surface area contributed by atoms with Gasteiger partial charge in [0.2, 0.25) is 5.91 Å². The van der Waals surface area contributed by atoms with Gasteiger partial charge in [-0.25, -0.2) is 4.39 Å². The average Bonchev–Trinajstić information content (AvgIpc) is 2.66. The minimum Gasteiger partial charge on any atom is -0.393 e. The molecule has 3 nitrogen and oxygen atoms in total. The van der Waals surface area contributed by atoms with Gasteiger partial charge in [-0.3, -0.25) is 4.79 Å². The second kappa shape index (κ2) is 7.55. The van der Waals surface area contributed by atoms with Crippen LogP contribution in [0.5, 0.6) is 0 Å². The summed E-state index contributed by atoms with van der Waals surface area (Å²) < 4.78 is 13.7. The molecule has 1 aromatic rings. The molecule has 0 aliphatic carbocycles. The number of likely N-dealkylation sites (tertiary alicyclic amines) is 1. The van der Waals surface area contributed by atoms with E-state index in [2.05, 4.69) is 0 Å². The molecule has 0 aromatic heterocycles. The van der Waals surface area contributed by atoms with E-state index in [1.54, 1.807) is 25.1 Å². The number of carbonyl (C=O) groups excluding carboxylic acids is 1. The van der Waals surface area contributed by atoms with Crippen LogP contribution in [0.3, 0.4) is 0 Å². The lowest BCUT2D eigenvalue weighted by Crippen LogP contribution is -2.42. The molecule has 1 N–H and O–H groups in total. The normalized spacial score (nSPS) is 20.9. The summed E-state index contributed by atoms with van der Waals surface area (Å²) in [5.74, 6) is -0.361.